The molecule has 2 aromatic rings. The van der Waals surface area contributed by atoms with E-state index in [0.29, 0.717) is 12.0 Å². The van der Waals surface area contributed by atoms with E-state index >= 15 is 0 Å². The van der Waals surface area contributed by atoms with Gasteiger partial charge in [-0.15, -0.1) is 0 Å². The Morgan fingerprint density at radius 1 is 1.18 bits per heavy atom. The number of fused-ring (bicyclic) bond motifs is 1. The Morgan fingerprint density at radius 3 is 2.59 bits per heavy atom. The van der Waals surface area contributed by atoms with E-state index in [-0.39, 0.29) is 0 Å². The second kappa shape index (κ2) is 6.33. The monoisotopic (exact) mass is 297 g/mol. The lowest BCUT2D eigenvalue weighted by atomic mass is 9.99. The second-order valence-electron chi connectivity index (χ2n) is 6.77. The molecule has 22 heavy (non-hydrogen) atoms. The number of hydrogen-bond acceptors (Lipinski definition) is 3. The molecule has 1 aliphatic rings. The summed E-state index contributed by atoms with van der Waals surface area (Å²) in [6.07, 6.45) is 3.88. The number of benzene rings is 1. The lowest BCUT2D eigenvalue weighted by Crippen LogP contribution is -2.39. The molecule has 3 rings (SSSR count). The fourth-order valence-electron chi connectivity index (χ4n) is 3.21. The van der Waals surface area contributed by atoms with E-state index < -0.39 is 0 Å². The number of nitrogens with zero attached hydrogens (tertiary/aromatic N) is 3. The Hall–Kier alpha value is -1.48. The molecule has 118 valence electrons. The molecule has 2 atom stereocenters. The van der Waals surface area contributed by atoms with Crippen LogP contribution in [0.4, 0.5) is 0 Å². The fraction of sp³-hybridized carbons (Fsp3) is 0.579. The maximum absolute atomic E-state index is 4.80. The quantitative estimate of drug-likeness (QED) is 0.794. The predicted octanol–water partition coefficient (Wildman–Crippen LogP) is 4.34. The maximum Gasteiger partial charge on any atom is 0.143 e. The molecule has 3 heteroatoms. The molecule has 1 aliphatic carbocycles. The van der Waals surface area contributed by atoms with Gasteiger partial charge >= 0.3 is 0 Å². The van der Waals surface area contributed by atoms with Crippen LogP contribution in [-0.4, -0.2) is 27.0 Å². The van der Waals surface area contributed by atoms with Gasteiger partial charge in [0.25, 0.3) is 0 Å². The normalized spacial score (nSPS) is 17.9. The van der Waals surface area contributed by atoms with Crippen molar-refractivity contribution in [1.29, 1.82) is 0 Å². The molecule has 1 aromatic carbocycles. The summed E-state index contributed by atoms with van der Waals surface area (Å²) >= 11 is 0. The molecule has 1 saturated carbocycles. The van der Waals surface area contributed by atoms with Crippen LogP contribution in [0.5, 0.6) is 0 Å². The summed E-state index contributed by atoms with van der Waals surface area (Å²) in [7, 11) is 0. The Labute approximate surface area is 133 Å². The van der Waals surface area contributed by atoms with Gasteiger partial charge in [0.2, 0.25) is 0 Å². The van der Waals surface area contributed by atoms with Crippen LogP contribution in [-0.2, 0) is 6.54 Å². The summed E-state index contributed by atoms with van der Waals surface area (Å²) in [6.45, 7) is 9.96. The van der Waals surface area contributed by atoms with Crippen molar-refractivity contribution in [2.24, 2.45) is 5.92 Å². The SMILES string of the molecule is CCC(C)C(C)N(Cc1nc(C)c2ccccc2n1)C1CC1. The molecule has 0 aliphatic heterocycles. The Bertz CT molecular complexity index is 648. The highest BCUT2D eigenvalue weighted by molar-refractivity contribution is 5.80. The van der Waals surface area contributed by atoms with E-state index in [4.69, 9.17) is 9.97 Å². The lowest BCUT2D eigenvalue weighted by molar-refractivity contribution is 0.138. The summed E-state index contributed by atoms with van der Waals surface area (Å²) in [5, 5.41) is 1.17. The zero-order chi connectivity index (χ0) is 15.7. The van der Waals surface area contributed by atoms with E-state index in [2.05, 4.69) is 56.9 Å². The Morgan fingerprint density at radius 2 is 1.91 bits per heavy atom. The van der Waals surface area contributed by atoms with Crippen molar-refractivity contribution in [3.8, 4) is 0 Å². The van der Waals surface area contributed by atoms with Crippen molar-refractivity contribution < 1.29 is 0 Å². The third-order valence-electron chi connectivity index (χ3n) is 5.17. The molecule has 3 nitrogen and oxygen atoms in total. The van der Waals surface area contributed by atoms with Gasteiger partial charge in [0.05, 0.1) is 12.1 Å². The summed E-state index contributed by atoms with van der Waals surface area (Å²) in [5.41, 5.74) is 2.16. The highest BCUT2D eigenvalue weighted by Crippen LogP contribution is 2.32. The molecule has 0 saturated heterocycles. The van der Waals surface area contributed by atoms with Gasteiger partial charge < -0.3 is 0 Å². The first-order valence-corrected chi connectivity index (χ1v) is 8.58. The molecule has 0 spiro atoms. The fourth-order valence-corrected chi connectivity index (χ4v) is 3.21. The highest BCUT2D eigenvalue weighted by Gasteiger charge is 2.34. The number of para-hydroxylation sites is 1. The number of hydrogen-bond donors (Lipinski definition) is 0. The molecule has 0 radical (unpaired) electrons. The van der Waals surface area contributed by atoms with Crippen LogP contribution in [0.25, 0.3) is 10.9 Å². The maximum atomic E-state index is 4.80. The molecule has 0 amide bonds. The van der Waals surface area contributed by atoms with E-state index in [1.165, 1.54) is 24.6 Å². The van der Waals surface area contributed by atoms with Gasteiger partial charge in [0.1, 0.15) is 5.82 Å². The summed E-state index contributed by atoms with van der Waals surface area (Å²) < 4.78 is 0. The van der Waals surface area contributed by atoms with Gasteiger partial charge in [-0.25, -0.2) is 9.97 Å². The Balaban J connectivity index is 1.86. The number of rotatable bonds is 6. The van der Waals surface area contributed by atoms with Gasteiger partial charge in [-0.05, 0) is 38.7 Å². The smallest absolute Gasteiger partial charge is 0.143 e. The van der Waals surface area contributed by atoms with Crippen LogP contribution < -0.4 is 0 Å². The van der Waals surface area contributed by atoms with Crippen molar-refractivity contribution in [3.63, 3.8) is 0 Å². The van der Waals surface area contributed by atoms with Crippen LogP contribution in [0.15, 0.2) is 24.3 Å². The standard InChI is InChI=1S/C19H27N3/c1-5-13(2)15(4)22(16-10-11-16)12-19-20-14(3)17-8-6-7-9-18(17)21-19/h6-9,13,15-16H,5,10-12H2,1-4H3. The molecular weight excluding hydrogens is 270 g/mol. The van der Waals surface area contributed by atoms with Crippen LogP contribution in [0.3, 0.4) is 0 Å². The molecule has 0 N–H and O–H groups in total. The van der Waals surface area contributed by atoms with Crippen LogP contribution in [0.1, 0.15) is 51.6 Å². The molecule has 0 bridgehead atoms. The van der Waals surface area contributed by atoms with Gasteiger partial charge in [0, 0.05) is 23.2 Å². The third-order valence-corrected chi connectivity index (χ3v) is 5.17. The zero-order valence-corrected chi connectivity index (χ0v) is 14.2. The van der Waals surface area contributed by atoms with E-state index in [1.54, 1.807) is 0 Å². The number of aromatic nitrogens is 2. The average Bonchev–Trinajstić information content (AvgIpc) is 3.36. The third kappa shape index (κ3) is 3.14. The van der Waals surface area contributed by atoms with Crippen LogP contribution in [0.2, 0.25) is 0 Å². The minimum atomic E-state index is 0.591. The minimum absolute atomic E-state index is 0.591. The summed E-state index contributed by atoms with van der Waals surface area (Å²) in [4.78, 5) is 12.2. The van der Waals surface area contributed by atoms with Crippen molar-refractivity contribution in [2.45, 2.75) is 65.6 Å². The van der Waals surface area contributed by atoms with E-state index in [0.717, 1.165) is 29.6 Å². The molecule has 2 unspecified atom stereocenters. The molecule has 1 heterocycles. The molecule has 1 fully saturated rings. The van der Waals surface area contributed by atoms with Crippen molar-refractivity contribution in [3.05, 3.63) is 35.8 Å². The van der Waals surface area contributed by atoms with E-state index in [9.17, 15) is 0 Å². The average molecular weight is 297 g/mol. The Kier molecular flexibility index (Phi) is 4.44. The molecular formula is C19H27N3. The van der Waals surface area contributed by atoms with Crippen LogP contribution in [0, 0.1) is 12.8 Å². The van der Waals surface area contributed by atoms with Gasteiger partial charge in [-0.2, -0.15) is 0 Å². The molecule has 1 aromatic heterocycles. The van der Waals surface area contributed by atoms with Gasteiger partial charge in [0.15, 0.2) is 0 Å². The first-order valence-electron chi connectivity index (χ1n) is 8.58. The zero-order valence-electron chi connectivity index (χ0n) is 14.2. The van der Waals surface area contributed by atoms with Crippen molar-refractivity contribution >= 4 is 10.9 Å². The van der Waals surface area contributed by atoms with Crippen LogP contribution >= 0.6 is 0 Å². The first-order chi connectivity index (χ1) is 10.6. The highest BCUT2D eigenvalue weighted by atomic mass is 15.2. The minimum Gasteiger partial charge on any atom is -0.290 e. The topological polar surface area (TPSA) is 29.0 Å². The van der Waals surface area contributed by atoms with Gasteiger partial charge in [-0.1, -0.05) is 38.5 Å². The van der Waals surface area contributed by atoms with Crippen molar-refractivity contribution in [2.75, 3.05) is 0 Å². The summed E-state index contributed by atoms with van der Waals surface area (Å²) in [6, 6.07) is 9.63. The largest absolute Gasteiger partial charge is 0.290 e. The van der Waals surface area contributed by atoms with Crippen molar-refractivity contribution in [1.82, 2.24) is 14.9 Å². The lowest BCUT2D eigenvalue weighted by Gasteiger charge is -2.32. The number of aryl methyl sites for hydroxylation is 1. The summed E-state index contributed by atoms with van der Waals surface area (Å²) in [5.74, 6) is 1.68. The second-order valence-corrected chi connectivity index (χ2v) is 6.77. The first kappa shape index (κ1) is 15.4. The van der Waals surface area contributed by atoms with Gasteiger partial charge in [-0.3, -0.25) is 4.90 Å². The predicted molar refractivity (Wildman–Crippen MR) is 91.8 cm³/mol. The van der Waals surface area contributed by atoms with E-state index in [1.807, 2.05) is 0 Å².